The van der Waals surface area contributed by atoms with Crippen molar-refractivity contribution in [1.29, 1.82) is 0 Å². The Balaban J connectivity index is 0.000000281. The number of allylic oxidation sites excluding steroid dienone is 8. The molecule has 7 heteroatoms. The molecule has 2 aliphatic carbocycles. The maximum Gasteiger partial charge on any atom is 0.393 e. The smallest absolute Gasteiger partial charge is 0.311 e. The standard InChI is InChI=1S/C21H31N.C8H8F3NOS/c1-4-10-18-11-9-12-20(19(5-2)16-18)15-17(3)22-21-13-7-6-8-14-21;9-8(10,11)5-6-1-3-7(4-2-6)14(12)13/h4-5,9-12,17,21-22H,2,6-8,13-16H2,1,3H3;1-4H,5,12H2/b10-4-;. The molecule has 3 N–H and O–H groups in total. The van der Waals surface area contributed by atoms with E-state index in [9.17, 15) is 17.4 Å². The predicted molar refractivity (Wildman–Crippen MR) is 145 cm³/mol. The molecule has 3 rings (SSSR count). The number of hydrogen-bond acceptors (Lipinski definition) is 2. The van der Waals surface area contributed by atoms with Crippen molar-refractivity contribution in [3.63, 3.8) is 0 Å². The maximum atomic E-state index is 11.9. The first-order valence-electron chi connectivity index (χ1n) is 12.5. The van der Waals surface area contributed by atoms with Crippen LogP contribution in [0, 0.1) is 0 Å². The van der Waals surface area contributed by atoms with Crippen LogP contribution in [-0.2, 0) is 17.4 Å². The Labute approximate surface area is 216 Å². The van der Waals surface area contributed by atoms with Gasteiger partial charge in [0.05, 0.1) is 11.3 Å². The van der Waals surface area contributed by atoms with Crippen LogP contribution in [0.15, 0.2) is 88.9 Å². The molecule has 0 bridgehead atoms. The van der Waals surface area contributed by atoms with E-state index in [4.69, 9.17) is 5.14 Å². The monoisotopic (exact) mass is 520 g/mol. The molecule has 1 fully saturated rings. The van der Waals surface area contributed by atoms with Crippen molar-refractivity contribution < 1.29 is 17.4 Å². The summed E-state index contributed by atoms with van der Waals surface area (Å²) in [6, 6.07) is 6.46. The summed E-state index contributed by atoms with van der Waals surface area (Å²) in [6.07, 6.45) is 16.8. The lowest BCUT2D eigenvalue weighted by atomic mass is 9.93. The van der Waals surface area contributed by atoms with Gasteiger partial charge in [0, 0.05) is 12.1 Å². The van der Waals surface area contributed by atoms with E-state index >= 15 is 0 Å². The van der Waals surface area contributed by atoms with Crippen molar-refractivity contribution in [2.24, 2.45) is 5.14 Å². The third kappa shape index (κ3) is 11.2. The van der Waals surface area contributed by atoms with Gasteiger partial charge >= 0.3 is 6.18 Å². The molecule has 1 aromatic carbocycles. The first-order valence-corrected chi connectivity index (χ1v) is 13.7. The molecule has 0 spiro atoms. The summed E-state index contributed by atoms with van der Waals surface area (Å²) in [7, 11) is -1.64. The predicted octanol–water partition coefficient (Wildman–Crippen LogP) is 7.41. The molecule has 2 aliphatic rings. The van der Waals surface area contributed by atoms with Crippen LogP contribution in [0.4, 0.5) is 13.2 Å². The van der Waals surface area contributed by atoms with Crippen molar-refractivity contribution in [1.82, 2.24) is 5.32 Å². The van der Waals surface area contributed by atoms with Gasteiger partial charge in [-0.3, -0.25) is 0 Å². The topological polar surface area (TPSA) is 55.1 Å². The van der Waals surface area contributed by atoms with E-state index in [-0.39, 0.29) is 5.56 Å². The maximum absolute atomic E-state index is 11.9. The summed E-state index contributed by atoms with van der Waals surface area (Å²) < 4.78 is 46.5. The molecule has 1 saturated carbocycles. The van der Waals surface area contributed by atoms with Gasteiger partial charge in [-0.15, -0.1) is 0 Å². The number of alkyl halides is 3. The van der Waals surface area contributed by atoms with Crippen LogP contribution in [0.5, 0.6) is 0 Å². The van der Waals surface area contributed by atoms with E-state index in [1.54, 1.807) is 0 Å². The van der Waals surface area contributed by atoms with E-state index in [1.165, 1.54) is 73.1 Å². The zero-order valence-electron chi connectivity index (χ0n) is 21.3. The summed E-state index contributed by atoms with van der Waals surface area (Å²) in [6.45, 7) is 8.42. The number of benzene rings is 1. The first kappa shape index (κ1) is 30.0. The van der Waals surface area contributed by atoms with Crippen molar-refractivity contribution in [3.05, 3.63) is 89.6 Å². The quantitative estimate of drug-likeness (QED) is 0.375. The van der Waals surface area contributed by atoms with Crippen LogP contribution in [0.2, 0.25) is 0 Å². The second-order valence-corrected chi connectivity index (χ2v) is 10.4. The molecular formula is C29H39F3N2OS. The van der Waals surface area contributed by atoms with Crippen molar-refractivity contribution >= 4 is 11.0 Å². The minimum absolute atomic E-state index is 0.131. The largest absolute Gasteiger partial charge is 0.393 e. The van der Waals surface area contributed by atoms with E-state index in [0.29, 0.717) is 10.9 Å². The molecule has 0 amide bonds. The van der Waals surface area contributed by atoms with E-state index < -0.39 is 23.6 Å². The molecule has 0 radical (unpaired) electrons. The Morgan fingerprint density at radius 3 is 2.42 bits per heavy atom. The van der Waals surface area contributed by atoms with Crippen molar-refractivity contribution in [2.75, 3.05) is 0 Å². The highest BCUT2D eigenvalue weighted by Crippen LogP contribution is 2.26. The lowest BCUT2D eigenvalue weighted by Crippen LogP contribution is -2.38. The van der Waals surface area contributed by atoms with Crippen LogP contribution in [-0.4, -0.2) is 22.5 Å². The normalized spacial score (nSPS) is 18.8. The number of halogens is 3. The van der Waals surface area contributed by atoms with Crippen LogP contribution in [0.3, 0.4) is 0 Å². The van der Waals surface area contributed by atoms with Crippen molar-refractivity contribution in [2.45, 2.75) is 88.4 Å². The molecule has 36 heavy (non-hydrogen) atoms. The van der Waals surface area contributed by atoms with Gasteiger partial charge < -0.3 is 5.32 Å². The molecule has 2 atom stereocenters. The van der Waals surface area contributed by atoms with Gasteiger partial charge in [-0.25, -0.2) is 9.35 Å². The lowest BCUT2D eigenvalue weighted by Gasteiger charge is -2.27. The average Bonchev–Trinajstić information content (AvgIpc) is 3.01. The summed E-state index contributed by atoms with van der Waals surface area (Å²) in [4.78, 5) is 0.316. The molecule has 0 aromatic heterocycles. The van der Waals surface area contributed by atoms with Crippen LogP contribution in [0.1, 0.15) is 64.4 Å². The van der Waals surface area contributed by atoms with E-state index in [2.05, 4.69) is 56.1 Å². The molecule has 0 aliphatic heterocycles. The Hall–Kier alpha value is -2.22. The van der Waals surface area contributed by atoms with Gasteiger partial charge in [-0.1, -0.05) is 74.4 Å². The van der Waals surface area contributed by atoms with E-state index in [0.717, 1.165) is 18.9 Å². The zero-order valence-corrected chi connectivity index (χ0v) is 22.1. The molecule has 198 valence electrons. The summed E-state index contributed by atoms with van der Waals surface area (Å²) in [5.74, 6) is 0. The van der Waals surface area contributed by atoms with Crippen LogP contribution < -0.4 is 10.5 Å². The Kier molecular flexibility index (Phi) is 12.6. The first-order chi connectivity index (χ1) is 17.1. The minimum Gasteiger partial charge on any atom is -0.311 e. The number of hydrogen-bond donors (Lipinski definition) is 2. The zero-order chi connectivity index (χ0) is 26.6. The third-order valence-electron chi connectivity index (χ3n) is 6.25. The van der Waals surface area contributed by atoms with Gasteiger partial charge in [0.15, 0.2) is 0 Å². The second kappa shape index (κ2) is 15.1. The SMILES string of the molecule is C=CC1=C(CC(C)NC2CCCCC2)C=CC=C(/C=C\C)C1.NS(=O)c1ccc(CC(F)(F)F)cc1. The van der Waals surface area contributed by atoms with Gasteiger partial charge in [-0.05, 0) is 73.9 Å². The Bertz CT molecular complexity index is 985. The highest BCUT2D eigenvalue weighted by Gasteiger charge is 2.27. The van der Waals surface area contributed by atoms with Gasteiger partial charge in [-0.2, -0.15) is 13.2 Å². The van der Waals surface area contributed by atoms with Gasteiger partial charge in [0.2, 0.25) is 0 Å². The minimum atomic E-state index is -4.22. The Morgan fingerprint density at radius 1 is 1.19 bits per heavy atom. The lowest BCUT2D eigenvalue weighted by molar-refractivity contribution is -0.127. The fourth-order valence-electron chi connectivity index (χ4n) is 4.55. The fraction of sp³-hybridized carbons (Fsp3) is 0.448. The summed E-state index contributed by atoms with van der Waals surface area (Å²) >= 11 is 0. The highest BCUT2D eigenvalue weighted by atomic mass is 32.2. The average molecular weight is 521 g/mol. The molecule has 0 saturated heterocycles. The molecule has 1 aromatic rings. The van der Waals surface area contributed by atoms with Crippen LogP contribution >= 0.6 is 0 Å². The summed E-state index contributed by atoms with van der Waals surface area (Å²) in [5, 5.41) is 8.88. The molecule has 0 heterocycles. The summed E-state index contributed by atoms with van der Waals surface area (Å²) in [5.41, 5.74) is 4.29. The van der Waals surface area contributed by atoms with Crippen LogP contribution in [0.25, 0.3) is 0 Å². The molecular weight excluding hydrogens is 481 g/mol. The third-order valence-corrected chi connectivity index (χ3v) is 6.99. The number of rotatable bonds is 8. The number of nitrogens with two attached hydrogens (primary N) is 1. The van der Waals surface area contributed by atoms with E-state index in [1.807, 2.05) is 6.08 Å². The highest BCUT2D eigenvalue weighted by molar-refractivity contribution is 7.82. The van der Waals surface area contributed by atoms with Gasteiger partial charge in [0.25, 0.3) is 0 Å². The molecule has 2 unspecified atom stereocenters. The second-order valence-electron chi connectivity index (χ2n) is 9.37. The van der Waals surface area contributed by atoms with Crippen molar-refractivity contribution in [3.8, 4) is 0 Å². The fourth-order valence-corrected chi connectivity index (χ4v) is 4.96. The van der Waals surface area contributed by atoms with Gasteiger partial charge in [0.1, 0.15) is 11.0 Å². The molecule has 3 nitrogen and oxygen atoms in total. The number of nitrogens with one attached hydrogen (secondary N) is 1. The Morgan fingerprint density at radius 2 is 1.86 bits per heavy atom.